The van der Waals surface area contributed by atoms with Crippen molar-refractivity contribution in [3.05, 3.63) is 71.2 Å². The van der Waals surface area contributed by atoms with E-state index in [9.17, 15) is 9.90 Å². The molecule has 0 saturated carbocycles. The minimum atomic E-state index is -0.300. The second-order valence-corrected chi connectivity index (χ2v) is 5.81. The van der Waals surface area contributed by atoms with Gasteiger partial charge in [0.1, 0.15) is 5.75 Å². The summed E-state index contributed by atoms with van der Waals surface area (Å²) in [5.41, 5.74) is 3.72. The van der Waals surface area contributed by atoms with E-state index in [4.69, 9.17) is 11.6 Å². The normalized spacial score (nSPS) is 10.9. The number of phenolic OH excluding ortho intramolecular Hbond substituents is 1. The van der Waals surface area contributed by atoms with Gasteiger partial charge >= 0.3 is 0 Å². The van der Waals surface area contributed by atoms with Crippen LogP contribution in [-0.2, 0) is 4.79 Å². The first kappa shape index (κ1) is 16.8. The summed E-state index contributed by atoms with van der Waals surface area (Å²) in [7, 11) is 0. The molecule has 0 saturated heterocycles. The van der Waals surface area contributed by atoms with E-state index in [0.29, 0.717) is 10.6 Å². The number of benzene rings is 3. The Morgan fingerprint density at radius 3 is 2.80 bits per heavy atom. The van der Waals surface area contributed by atoms with E-state index in [1.807, 2.05) is 42.5 Å². The van der Waals surface area contributed by atoms with Crippen LogP contribution in [0.2, 0.25) is 5.02 Å². The molecular formula is C19H16ClN3O2. The first-order valence-corrected chi connectivity index (χ1v) is 8.03. The number of fused-ring (bicyclic) bond motifs is 1. The van der Waals surface area contributed by atoms with Crippen molar-refractivity contribution in [2.24, 2.45) is 5.10 Å². The zero-order valence-corrected chi connectivity index (χ0v) is 14.0. The molecule has 0 aliphatic rings. The topological polar surface area (TPSA) is 73.7 Å². The van der Waals surface area contributed by atoms with Gasteiger partial charge < -0.3 is 10.4 Å². The smallest absolute Gasteiger partial charge is 0.259 e. The van der Waals surface area contributed by atoms with E-state index in [-0.39, 0.29) is 18.2 Å². The van der Waals surface area contributed by atoms with E-state index in [1.54, 1.807) is 12.1 Å². The van der Waals surface area contributed by atoms with Crippen molar-refractivity contribution in [2.75, 3.05) is 11.9 Å². The highest BCUT2D eigenvalue weighted by Gasteiger charge is 2.03. The number of hydrogen-bond acceptors (Lipinski definition) is 4. The molecule has 0 aromatic heterocycles. The number of carbonyl (C=O) groups excluding carboxylic acids is 1. The third-order valence-electron chi connectivity index (χ3n) is 3.61. The maximum atomic E-state index is 11.9. The second kappa shape index (κ2) is 7.68. The highest BCUT2D eigenvalue weighted by molar-refractivity contribution is 6.30. The van der Waals surface area contributed by atoms with E-state index in [2.05, 4.69) is 15.8 Å². The van der Waals surface area contributed by atoms with Crippen LogP contribution in [0, 0.1) is 0 Å². The predicted molar refractivity (Wildman–Crippen MR) is 101 cm³/mol. The number of amides is 1. The van der Waals surface area contributed by atoms with E-state index in [0.717, 1.165) is 16.5 Å². The molecule has 0 heterocycles. The number of anilines is 1. The number of aromatic hydroxyl groups is 1. The molecule has 0 spiro atoms. The van der Waals surface area contributed by atoms with Crippen molar-refractivity contribution in [3.8, 4) is 5.75 Å². The van der Waals surface area contributed by atoms with Crippen LogP contribution in [0.3, 0.4) is 0 Å². The quantitative estimate of drug-likeness (QED) is 0.483. The summed E-state index contributed by atoms with van der Waals surface area (Å²) < 4.78 is 0. The first-order valence-electron chi connectivity index (χ1n) is 7.65. The summed E-state index contributed by atoms with van der Waals surface area (Å²) >= 11 is 5.85. The average molecular weight is 354 g/mol. The van der Waals surface area contributed by atoms with Gasteiger partial charge in [-0.3, -0.25) is 4.79 Å². The van der Waals surface area contributed by atoms with Crippen molar-refractivity contribution in [2.45, 2.75) is 0 Å². The lowest BCUT2D eigenvalue weighted by Crippen LogP contribution is -2.25. The minimum absolute atomic E-state index is 0.0382. The average Bonchev–Trinajstić information content (AvgIpc) is 2.63. The summed E-state index contributed by atoms with van der Waals surface area (Å²) in [5, 5.41) is 19.2. The van der Waals surface area contributed by atoms with Crippen LogP contribution in [-0.4, -0.2) is 23.8 Å². The lowest BCUT2D eigenvalue weighted by Gasteiger charge is -2.08. The van der Waals surface area contributed by atoms with Crippen molar-refractivity contribution >= 4 is 40.2 Å². The van der Waals surface area contributed by atoms with Gasteiger partial charge in [0, 0.05) is 21.7 Å². The number of halogens is 1. The maximum Gasteiger partial charge on any atom is 0.259 e. The monoisotopic (exact) mass is 353 g/mol. The summed E-state index contributed by atoms with van der Waals surface area (Å²) in [6.45, 7) is 0.0763. The minimum Gasteiger partial charge on any atom is -0.507 e. The number of hydrazone groups is 1. The Bertz CT molecular complexity index is 936. The molecule has 0 fully saturated rings. The van der Waals surface area contributed by atoms with Gasteiger partial charge in [0.05, 0.1) is 12.8 Å². The number of hydrogen-bond donors (Lipinski definition) is 3. The fourth-order valence-electron chi connectivity index (χ4n) is 2.40. The summed E-state index contributed by atoms with van der Waals surface area (Å²) in [6.07, 6.45) is 1.34. The fourth-order valence-corrected chi connectivity index (χ4v) is 2.58. The van der Waals surface area contributed by atoms with Gasteiger partial charge in [-0.15, -0.1) is 0 Å². The van der Waals surface area contributed by atoms with Crippen LogP contribution in [0.4, 0.5) is 5.69 Å². The maximum absolute atomic E-state index is 11.9. The molecule has 0 atom stereocenters. The van der Waals surface area contributed by atoms with Crippen LogP contribution in [0.5, 0.6) is 5.75 Å². The van der Waals surface area contributed by atoms with Gasteiger partial charge in [0.2, 0.25) is 0 Å². The van der Waals surface area contributed by atoms with Gasteiger partial charge in [-0.2, -0.15) is 5.10 Å². The van der Waals surface area contributed by atoms with E-state index >= 15 is 0 Å². The van der Waals surface area contributed by atoms with Crippen LogP contribution in [0.25, 0.3) is 10.8 Å². The zero-order chi connectivity index (χ0) is 17.6. The molecule has 126 valence electrons. The summed E-state index contributed by atoms with van der Waals surface area (Å²) in [6, 6.07) is 18.4. The summed E-state index contributed by atoms with van der Waals surface area (Å²) in [4.78, 5) is 11.9. The number of carbonyl (C=O) groups is 1. The van der Waals surface area contributed by atoms with E-state index in [1.165, 1.54) is 12.3 Å². The Morgan fingerprint density at radius 2 is 1.92 bits per heavy atom. The van der Waals surface area contributed by atoms with Crippen molar-refractivity contribution in [1.82, 2.24) is 5.43 Å². The molecule has 25 heavy (non-hydrogen) atoms. The number of phenols is 1. The molecule has 0 unspecified atom stereocenters. The Hall–Kier alpha value is -3.05. The molecule has 3 aromatic carbocycles. The summed E-state index contributed by atoms with van der Waals surface area (Å²) in [5.74, 6) is -0.262. The SMILES string of the molecule is O=C(CNc1cccc2ccccc12)NN=Cc1cc(Cl)ccc1O. The molecule has 0 radical (unpaired) electrons. The van der Waals surface area contributed by atoms with Gasteiger partial charge in [0.15, 0.2) is 0 Å². The molecule has 1 amide bonds. The zero-order valence-electron chi connectivity index (χ0n) is 13.2. The highest BCUT2D eigenvalue weighted by Crippen LogP contribution is 2.22. The number of nitrogens with zero attached hydrogens (tertiary/aromatic N) is 1. The fraction of sp³-hybridized carbons (Fsp3) is 0.0526. The van der Waals surface area contributed by atoms with Crippen LogP contribution in [0.1, 0.15) is 5.56 Å². The van der Waals surface area contributed by atoms with Gasteiger partial charge in [0.25, 0.3) is 5.91 Å². The predicted octanol–water partition coefficient (Wildman–Crippen LogP) is 3.76. The lowest BCUT2D eigenvalue weighted by atomic mass is 10.1. The Kier molecular flexibility index (Phi) is 5.16. The molecular weight excluding hydrogens is 338 g/mol. The molecule has 3 rings (SSSR count). The highest BCUT2D eigenvalue weighted by atomic mass is 35.5. The Balaban J connectivity index is 1.59. The lowest BCUT2D eigenvalue weighted by molar-refractivity contribution is -0.119. The first-order chi connectivity index (χ1) is 12.1. The molecule has 0 aliphatic heterocycles. The third-order valence-corrected chi connectivity index (χ3v) is 3.85. The third kappa shape index (κ3) is 4.28. The molecule has 0 bridgehead atoms. The molecule has 3 aromatic rings. The van der Waals surface area contributed by atoms with Gasteiger partial charge in [-0.1, -0.05) is 48.0 Å². The standard InChI is InChI=1S/C19H16ClN3O2/c20-15-8-9-18(24)14(10-15)11-22-23-19(25)12-21-17-7-3-5-13-4-1-2-6-16(13)17/h1-11,21,24H,12H2,(H,23,25). The largest absolute Gasteiger partial charge is 0.507 e. The van der Waals surface area contributed by atoms with Gasteiger partial charge in [-0.05, 0) is 29.7 Å². The van der Waals surface area contributed by atoms with Crippen LogP contribution >= 0.6 is 11.6 Å². The molecule has 5 nitrogen and oxygen atoms in total. The van der Waals surface area contributed by atoms with Crippen LogP contribution in [0.15, 0.2) is 65.8 Å². The number of nitrogens with one attached hydrogen (secondary N) is 2. The van der Waals surface area contributed by atoms with Crippen molar-refractivity contribution in [3.63, 3.8) is 0 Å². The Morgan fingerprint density at radius 1 is 1.12 bits per heavy atom. The van der Waals surface area contributed by atoms with Crippen LogP contribution < -0.4 is 10.7 Å². The number of rotatable bonds is 5. The van der Waals surface area contributed by atoms with Crippen molar-refractivity contribution in [1.29, 1.82) is 0 Å². The second-order valence-electron chi connectivity index (χ2n) is 5.38. The van der Waals surface area contributed by atoms with Gasteiger partial charge in [-0.25, -0.2) is 5.43 Å². The molecule has 0 aliphatic carbocycles. The van der Waals surface area contributed by atoms with Crippen molar-refractivity contribution < 1.29 is 9.90 Å². The molecule has 3 N–H and O–H groups in total. The van der Waals surface area contributed by atoms with E-state index < -0.39 is 0 Å². The molecule has 6 heteroatoms. The Labute approximate surface area is 149 Å².